The predicted molar refractivity (Wildman–Crippen MR) is 41.5 cm³/mol. The fourth-order valence-electron chi connectivity index (χ4n) is 2.43. The van der Waals surface area contributed by atoms with Crippen molar-refractivity contribution in [3.8, 4) is 0 Å². The average molecular weight is 165 g/mol. The second-order valence-electron chi connectivity index (χ2n) is 3.85. The maximum Gasteiger partial charge on any atom is 0.219 e. The molecule has 0 spiro atoms. The summed E-state index contributed by atoms with van der Waals surface area (Å²) in [6, 6.07) is 0. The summed E-state index contributed by atoms with van der Waals surface area (Å²) in [6.07, 6.45) is 1.42. The summed E-state index contributed by atoms with van der Waals surface area (Å²) >= 11 is 0. The van der Waals surface area contributed by atoms with Gasteiger partial charge in [-0.3, -0.25) is 0 Å². The van der Waals surface area contributed by atoms with E-state index in [9.17, 15) is 0 Å². The Bertz CT molecular complexity index is 273. The summed E-state index contributed by atoms with van der Waals surface area (Å²) in [5.74, 6) is 2.99. The number of nitrogens with zero attached hydrogens (tertiary/aromatic N) is 3. The Morgan fingerprint density at radius 3 is 2.83 bits per heavy atom. The first-order chi connectivity index (χ1) is 5.86. The maximum atomic E-state index is 5.19. The Morgan fingerprint density at radius 2 is 2.25 bits per heavy atom. The van der Waals surface area contributed by atoms with Crippen molar-refractivity contribution in [2.24, 2.45) is 11.8 Å². The van der Waals surface area contributed by atoms with Crippen molar-refractivity contribution in [1.29, 1.82) is 0 Å². The van der Waals surface area contributed by atoms with Crippen molar-refractivity contribution in [3.63, 3.8) is 0 Å². The molecule has 1 aliphatic heterocycles. The van der Waals surface area contributed by atoms with Crippen LogP contribution in [0.4, 0.5) is 0 Å². The van der Waals surface area contributed by atoms with Gasteiger partial charge in [0.25, 0.3) is 0 Å². The van der Waals surface area contributed by atoms with Gasteiger partial charge in [0.05, 0.1) is 0 Å². The van der Waals surface area contributed by atoms with Gasteiger partial charge in [0.15, 0.2) is 0 Å². The van der Waals surface area contributed by atoms with Crippen LogP contribution in [0.2, 0.25) is 0 Å². The van der Waals surface area contributed by atoms with E-state index in [0.717, 1.165) is 17.7 Å². The van der Waals surface area contributed by atoms with Crippen LogP contribution in [0.1, 0.15) is 11.8 Å². The quantitative estimate of drug-likeness (QED) is 0.602. The highest BCUT2D eigenvalue weighted by Crippen LogP contribution is 2.57. The van der Waals surface area contributed by atoms with Gasteiger partial charge in [0.1, 0.15) is 0 Å². The number of hydrogen-bond acceptors (Lipinski definition) is 4. The van der Waals surface area contributed by atoms with Crippen LogP contribution >= 0.6 is 0 Å². The van der Waals surface area contributed by atoms with Gasteiger partial charge in [-0.1, -0.05) is 0 Å². The largest absolute Gasteiger partial charge is 0.428 e. The van der Waals surface area contributed by atoms with Crippen LogP contribution in [0.5, 0.6) is 0 Å². The minimum atomic E-state index is 0.573. The zero-order valence-corrected chi connectivity index (χ0v) is 6.97. The molecule has 0 bridgehead atoms. The number of rotatable bonds is 1. The first-order valence-corrected chi connectivity index (χ1v) is 4.31. The number of likely N-dealkylation sites (tertiary alicyclic amines) is 1. The lowest BCUT2D eigenvalue weighted by Gasteiger charge is -2.10. The molecule has 0 aromatic carbocycles. The monoisotopic (exact) mass is 165 g/mol. The van der Waals surface area contributed by atoms with Crippen LogP contribution in [-0.2, 0) is 0 Å². The molecule has 0 N–H and O–H groups in total. The van der Waals surface area contributed by atoms with Gasteiger partial charge in [-0.25, -0.2) is 0 Å². The summed E-state index contributed by atoms with van der Waals surface area (Å²) in [6.45, 7) is 2.38. The van der Waals surface area contributed by atoms with Gasteiger partial charge in [0.2, 0.25) is 12.3 Å². The molecule has 1 saturated carbocycles. The molecule has 2 heterocycles. The predicted octanol–water partition coefficient (Wildman–Crippen LogP) is 0.345. The van der Waals surface area contributed by atoms with Crippen LogP contribution in [0.15, 0.2) is 10.8 Å². The lowest BCUT2D eigenvalue weighted by Crippen LogP contribution is -2.18. The van der Waals surface area contributed by atoms with E-state index in [0.29, 0.717) is 5.92 Å². The van der Waals surface area contributed by atoms with Gasteiger partial charge in [-0.05, 0) is 18.9 Å². The van der Waals surface area contributed by atoms with Gasteiger partial charge in [0, 0.05) is 19.0 Å². The van der Waals surface area contributed by atoms with Crippen LogP contribution in [0.25, 0.3) is 0 Å². The number of aromatic nitrogens is 2. The Morgan fingerprint density at radius 1 is 1.50 bits per heavy atom. The normalized spacial score (nSPS) is 39.9. The van der Waals surface area contributed by atoms with E-state index in [1.54, 1.807) is 0 Å². The maximum absolute atomic E-state index is 5.19. The van der Waals surface area contributed by atoms with Gasteiger partial charge in [-0.15, -0.1) is 10.2 Å². The van der Waals surface area contributed by atoms with E-state index in [1.165, 1.54) is 19.5 Å². The standard InChI is InChI=1S/C8H11N3O/c1-11-2-5-6(3-11)7(5)8-10-9-4-12-8/h4-7H,2-3H2,1H3/t5-,6+,7?. The molecule has 3 rings (SSSR count). The van der Waals surface area contributed by atoms with Crippen LogP contribution in [0, 0.1) is 11.8 Å². The van der Waals surface area contributed by atoms with Crippen molar-refractivity contribution >= 4 is 0 Å². The van der Waals surface area contributed by atoms with Crippen molar-refractivity contribution in [2.75, 3.05) is 20.1 Å². The fourth-order valence-corrected chi connectivity index (χ4v) is 2.43. The summed E-state index contributed by atoms with van der Waals surface area (Å²) in [5, 5.41) is 7.65. The molecule has 2 fully saturated rings. The lowest BCUT2D eigenvalue weighted by atomic mass is 10.3. The van der Waals surface area contributed by atoms with E-state index in [4.69, 9.17) is 4.42 Å². The molecule has 0 amide bonds. The Hall–Kier alpha value is -0.900. The molecule has 1 aliphatic carbocycles. The molecule has 1 unspecified atom stereocenters. The molecule has 64 valence electrons. The molecule has 1 aromatic heterocycles. The molecular formula is C8H11N3O. The molecule has 1 aromatic rings. The number of piperidine rings is 1. The first kappa shape index (κ1) is 6.60. The third-order valence-electron chi connectivity index (χ3n) is 3.04. The summed E-state index contributed by atoms with van der Waals surface area (Å²) in [5.41, 5.74) is 0. The van der Waals surface area contributed by atoms with Gasteiger partial charge in [-0.2, -0.15) is 0 Å². The average Bonchev–Trinajstić information content (AvgIpc) is 2.58. The zero-order valence-electron chi connectivity index (χ0n) is 6.97. The minimum Gasteiger partial charge on any atom is -0.428 e. The Labute approximate surface area is 70.6 Å². The van der Waals surface area contributed by atoms with Crippen LogP contribution in [-0.4, -0.2) is 35.2 Å². The molecule has 4 nitrogen and oxygen atoms in total. The van der Waals surface area contributed by atoms with E-state index in [2.05, 4.69) is 22.1 Å². The van der Waals surface area contributed by atoms with Crippen LogP contribution in [0.3, 0.4) is 0 Å². The summed E-state index contributed by atoms with van der Waals surface area (Å²) in [7, 11) is 2.16. The third kappa shape index (κ3) is 0.756. The molecule has 4 heteroatoms. The molecule has 2 aliphatic rings. The molecular weight excluding hydrogens is 154 g/mol. The van der Waals surface area contributed by atoms with Crippen molar-refractivity contribution in [2.45, 2.75) is 5.92 Å². The Kier molecular flexibility index (Phi) is 1.14. The molecule has 3 atom stereocenters. The van der Waals surface area contributed by atoms with Crippen molar-refractivity contribution < 1.29 is 4.42 Å². The second-order valence-corrected chi connectivity index (χ2v) is 3.85. The summed E-state index contributed by atoms with van der Waals surface area (Å²) in [4.78, 5) is 2.36. The van der Waals surface area contributed by atoms with Crippen molar-refractivity contribution in [3.05, 3.63) is 12.3 Å². The number of hydrogen-bond donors (Lipinski definition) is 0. The van der Waals surface area contributed by atoms with E-state index in [-0.39, 0.29) is 0 Å². The molecule has 0 radical (unpaired) electrons. The van der Waals surface area contributed by atoms with Crippen molar-refractivity contribution in [1.82, 2.24) is 15.1 Å². The first-order valence-electron chi connectivity index (χ1n) is 4.31. The highest BCUT2D eigenvalue weighted by molar-refractivity contribution is 5.16. The zero-order chi connectivity index (χ0) is 8.13. The molecule has 12 heavy (non-hydrogen) atoms. The minimum absolute atomic E-state index is 0.573. The third-order valence-corrected chi connectivity index (χ3v) is 3.04. The highest BCUT2D eigenvalue weighted by Gasteiger charge is 2.57. The fraction of sp³-hybridized carbons (Fsp3) is 0.750. The topological polar surface area (TPSA) is 42.2 Å². The molecule has 1 saturated heterocycles. The van der Waals surface area contributed by atoms with Crippen LogP contribution < -0.4 is 0 Å². The highest BCUT2D eigenvalue weighted by atomic mass is 16.4. The van der Waals surface area contributed by atoms with E-state index >= 15 is 0 Å². The van der Waals surface area contributed by atoms with Gasteiger partial charge < -0.3 is 9.32 Å². The lowest BCUT2D eigenvalue weighted by molar-refractivity contribution is 0.347. The Balaban J connectivity index is 1.78. The summed E-state index contributed by atoms with van der Waals surface area (Å²) < 4.78 is 5.19. The van der Waals surface area contributed by atoms with Gasteiger partial charge >= 0.3 is 0 Å². The smallest absolute Gasteiger partial charge is 0.219 e. The second kappa shape index (κ2) is 2.07. The van der Waals surface area contributed by atoms with E-state index < -0.39 is 0 Å². The van der Waals surface area contributed by atoms with E-state index in [1.807, 2.05) is 0 Å². The number of fused-ring (bicyclic) bond motifs is 1. The SMILES string of the molecule is CN1C[C@@H]2C(c3nnco3)[C@@H]2C1.